The van der Waals surface area contributed by atoms with Crippen molar-refractivity contribution < 1.29 is 9.59 Å². The average Bonchev–Trinajstić information content (AvgIpc) is 3.01. The minimum absolute atomic E-state index is 0.0533. The molecule has 2 aliphatic heterocycles. The van der Waals surface area contributed by atoms with Crippen LogP contribution < -0.4 is 9.80 Å². The van der Waals surface area contributed by atoms with Crippen molar-refractivity contribution in [2.75, 3.05) is 22.9 Å². The molecule has 0 spiro atoms. The highest BCUT2D eigenvalue weighted by Crippen LogP contribution is 2.34. The molecule has 1 atom stereocenters. The van der Waals surface area contributed by atoms with Crippen molar-refractivity contribution in [3.8, 4) is 0 Å². The van der Waals surface area contributed by atoms with Gasteiger partial charge in [-0.05, 0) is 24.1 Å². The zero-order valence-corrected chi connectivity index (χ0v) is 11.6. The minimum Gasteiger partial charge on any atom is -0.312 e. The zero-order valence-electron chi connectivity index (χ0n) is 11.6. The SMILES string of the molecule is C=CC1CC(=O)N(c2ccc3c(c2)N(C(C)=O)CC3)C1. The van der Waals surface area contributed by atoms with Crippen molar-refractivity contribution in [3.63, 3.8) is 0 Å². The lowest BCUT2D eigenvalue weighted by molar-refractivity contribution is -0.117. The van der Waals surface area contributed by atoms with Crippen LogP contribution in [0.2, 0.25) is 0 Å². The van der Waals surface area contributed by atoms with Gasteiger partial charge >= 0.3 is 0 Å². The van der Waals surface area contributed by atoms with Gasteiger partial charge in [0.25, 0.3) is 0 Å². The van der Waals surface area contributed by atoms with E-state index >= 15 is 0 Å². The molecule has 4 nitrogen and oxygen atoms in total. The number of rotatable bonds is 2. The van der Waals surface area contributed by atoms with E-state index in [0.29, 0.717) is 13.0 Å². The summed E-state index contributed by atoms with van der Waals surface area (Å²) in [5.74, 6) is 0.402. The summed E-state index contributed by atoms with van der Waals surface area (Å²) in [6.45, 7) is 6.76. The van der Waals surface area contributed by atoms with Crippen LogP contribution in [0.15, 0.2) is 30.9 Å². The van der Waals surface area contributed by atoms with Gasteiger partial charge < -0.3 is 9.80 Å². The van der Waals surface area contributed by atoms with Crippen molar-refractivity contribution in [1.82, 2.24) is 0 Å². The van der Waals surface area contributed by atoms with Gasteiger partial charge in [0.05, 0.1) is 0 Å². The van der Waals surface area contributed by atoms with E-state index in [1.807, 2.05) is 24.3 Å². The largest absolute Gasteiger partial charge is 0.312 e. The third kappa shape index (κ3) is 2.01. The summed E-state index contributed by atoms with van der Waals surface area (Å²) in [4.78, 5) is 27.3. The number of hydrogen-bond acceptors (Lipinski definition) is 2. The molecule has 104 valence electrons. The maximum absolute atomic E-state index is 12.1. The maximum atomic E-state index is 12.1. The Kier molecular flexibility index (Phi) is 3.08. The number of nitrogens with zero attached hydrogens (tertiary/aromatic N) is 2. The summed E-state index contributed by atoms with van der Waals surface area (Å²) in [6.07, 6.45) is 3.25. The molecule has 2 aliphatic rings. The first kappa shape index (κ1) is 12.9. The van der Waals surface area contributed by atoms with Gasteiger partial charge in [0.1, 0.15) is 0 Å². The van der Waals surface area contributed by atoms with E-state index in [2.05, 4.69) is 6.58 Å². The summed E-state index contributed by atoms with van der Waals surface area (Å²) in [7, 11) is 0. The van der Waals surface area contributed by atoms with Gasteiger partial charge in [-0.1, -0.05) is 12.1 Å². The van der Waals surface area contributed by atoms with Crippen LogP contribution in [0.25, 0.3) is 0 Å². The molecule has 2 heterocycles. The number of anilines is 2. The van der Waals surface area contributed by atoms with E-state index in [0.717, 1.165) is 24.3 Å². The van der Waals surface area contributed by atoms with Gasteiger partial charge in [-0.25, -0.2) is 0 Å². The molecule has 0 N–H and O–H groups in total. The average molecular weight is 270 g/mol. The Morgan fingerprint density at radius 2 is 2.25 bits per heavy atom. The molecular weight excluding hydrogens is 252 g/mol. The number of hydrogen-bond donors (Lipinski definition) is 0. The zero-order chi connectivity index (χ0) is 14.3. The first-order chi connectivity index (χ1) is 9.60. The van der Waals surface area contributed by atoms with Gasteiger partial charge in [-0.2, -0.15) is 0 Å². The van der Waals surface area contributed by atoms with E-state index in [9.17, 15) is 9.59 Å². The number of benzene rings is 1. The molecule has 3 rings (SSSR count). The quantitative estimate of drug-likeness (QED) is 0.772. The van der Waals surface area contributed by atoms with Crippen molar-refractivity contribution >= 4 is 23.2 Å². The standard InChI is InChI=1S/C16H18N2O2/c1-3-12-8-16(20)18(10-12)14-5-4-13-6-7-17(11(2)19)15(13)9-14/h3-5,9,12H,1,6-8,10H2,2H3. The lowest BCUT2D eigenvalue weighted by atomic mass is 10.1. The Morgan fingerprint density at radius 1 is 1.45 bits per heavy atom. The molecule has 4 heteroatoms. The van der Waals surface area contributed by atoms with E-state index in [1.54, 1.807) is 16.7 Å². The summed E-state index contributed by atoms with van der Waals surface area (Å²) < 4.78 is 0. The predicted molar refractivity (Wildman–Crippen MR) is 78.8 cm³/mol. The molecule has 2 amide bonds. The molecule has 1 aromatic carbocycles. The minimum atomic E-state index is 0.0533. The number of carbonyl (C=O) groups excluding carboxylic acids is 2. The molecule has 1 fully saturated rings. The van der Waals surface area contributed by atoms with E-state index in [1.165, 1.54) is 5.56 Å². The molecule has 1 aromatic rings. The Bertz CT molecular complexity index is 594. The lowest BCUT2D eigenvalue weighted by Gasteiger charge is -2.20. The van der Waals surface area contributed by atoms with Crippen LogP contribution in [0, 0.1) is 5.92 Å². The molecule has 0 aliphatic carbocycles. The Morgan fingerprint density at radius 3 is 2.90 bits per heavy atom. The van der Waals surface area contributed by atoms with Gasteiger partial charge in [-0.15, -0.1) is 6.58 Å². The van der Waals surface area contributed by atoms with E-state index < -0.39 is 0 Å². The molecule has 20 heavy (non-hydrogen) atoms. The first-order valence-electron chi connectivity index (χ1n) is 6.94. The van der Waals surface area contributed by atoms with Crippen LogP contribution in [0.1, 0.15) is 18.9 Å². The Hall–Kier alpha value is -2.10. The van der Waals surface area contributed by atoms with E-state index in [4.69, 9.17) is 0 Å². The van der Waals surface area contributed by atoms with Gasteiger partial charge in [0.2, 0.25) is 11.8 Å². The summed E-state index contributed by atoms with van der Waals surface area (Å²) in [5.41, 5.74) is 3.01. The second-order valence-electron chi connectivity index (χ2n) is 5.44. The van der Waals surface area contributed by atoms with Crippen LogP contribution in [-0.4, -0.2) is 24.9 Å². The second kappa shape index (κ2) is 4.78. The van der Waals surface area contributed by atoms with Crippen LogP contribution >= 0.6 is 0 Å². The number of carbonyl (C=O) groups is 2. The van der Waals surface area contributed by atoms with Crippen LogP contribution in [0.5, 0.6) is 0 Å². The molecular formula is C16H18N2O2. The number of amides is 2. The van der Waals surface area contributed by atoms with Crippen molar-refractivity contribution in [2.45, 2.75) is 19.8 Å². The fourth-order valence-electron chi connectivity index (χ4n) is 3.01. The smallest absolute Gasteiger partial charge is 0.227 e. The van der Waals surface area contributed by atoms with E-state index in [-0.39, 0.29) is 17.7 Å². The molecule has 1 unspecified atom stereocenters. The lowest BCUT2D eigenvalue weighted by Crippen LogP contribution is -2.27. The third-order valence-corrected chi connectivity index (χ3v) is 4.14. The fourth-order valence-corrected chi connectivity index (χ4v) is 3.01. The highest BCUT2D eigenvalue weighted by molar-refractivity contribution is 5.98. The summed E-state index contributed by atoms with van der Waals surface area (Å²) in [5, 5.41) is 0. The topological polar surface area (TPSA) is 40.6 Å². The normalized spacial score (nSPS) is 21.2. The van der Waals surface area contributed by atoms with Crippen LogP contribution in [-0.2, 0) is 16.0 Å². The maximum Gasteiger partial charge on any atom is 0.227 e. The molecule has 0 bridgehead atoms. The third-order valence-electron chi connectivity index (χ3n) is 4.14. The Balaban J connectivity index is 1.93. The first-order valence-corrected chi connectivity index (χ1v) is 6.94. The van der Waals surface area contributed by atoms with Crippen molar-refractivity contribution in [3.05, 3.63) is 36.4 Å². The Labute approximate surface area is 118 Å². The van der Waals surface area contributed by atoms with Crippen LogP contribution in [0.4, 0.5) is 11.4 Å². The molecule has 0 radical (unpaired) electrons. The number of fused-ring (bicyclic) bond motifs is 1. The second-order valence-corrected chi connectivity index (χ2v) is 5.44. The fraction of sp³-hybridized carbons (Fsp3) is 0.375. The van der Waals surface area contributed by atoms with Crippen molar-refractivity contribution in [2.24, 2.45) is 5.92 Å². The highest BCUT2D eigenvalue weighted by Gasteiger charge is 2.30. The van der Waals surface area contributed by atoms with Gasteiger partial charge in [0.15, 0.2) is 0 Å². The predicted octanol–water partition coefficient (Wildman–Crippen LogP) is 2.13. The monoisotopic (exact) mass is 270 g/mol. The van der Waals surface area contributed by atoms with Gasteiger partial charge in [-0.3, -0.25) is 9.59 Å². The summed E-state index contributed by atoms with van der Waals surface area (Å²) >= 11 is 0. The highest BCUT2D eigenvalue weighted by atomic mass is 16.2. The molecule has 1 saturated heterocycles. The van der Waals surface area contributed by atoms with Gasteiger partial charge in [0, 0.05) is 43.7 Å². The van der Waals surface area contributed by atoms with Crippen molar-refractivity contribution in [1.29, 1.82) is 0 Å². The van der Waals surface area contributed by atoms with Crippen LogP contribution in [0.3, 0.4) is 0 Å². The molecule has 0 aromatic heterocycles. The molecule has 0 saturated carbocycles. The summed E-state index contributed by atoms with van der Waals surface area (Å²) in [6, 6.07) is 5.97.